The van der Waals surface area contributed by atoms with Gasteiger partial charge in [-0.3, -0.25) is 4.79 Å². The Morgan fingerprint density at radius 3 is 2.85 bits per heavy atom. The number of likely N-dealkylation sites (tertiary alicyclic amines) is 1. The van der Waals surface area contributed by atoms with Crippen LogP contribution in [0.3, 0.4) is 0 Å². The third-order valence-corrected chi connectivity index (χ3v) is 4.07. The summed E-state index contributed by atoms with van der Waals surface area (Å²) in [5.74, 6) is -1.35. The van der Waals surface area contributed by atoms with E-state index in [1.54, 1.807) is 6.07 Å². The summed E-state index contributed by atoms with van der Waals surface area (Å²) < 4.78 is 0.631. The average Bonchev–Trinajstić information content (AvgIpc) is 2.66. The Hall–Kier alpha value is -1.14. The van der Waals surface area contributed by atoms with Crippen molar-refractivity contribution in [2.45, 2.75) is 31.7 Å². The number of pyridine rings is 1. The monoisotopic (exact) mass is 360 g/mol. The SMILES string of the molecule is O=C(O)C1CCCCCN1C(=O)c1cc(Br)cnc1Cl. The largest absolute Gasteiger partial charge is 0.480 e. The molecule has 1 aromatic heterocycles. The van der Waals surface area contributed by atoms with Crippen molar-refractivity contribution in [2.75, 3.05) is 6.54 Å². The summed E-state index contributed by atoms with van der Waals surface area (Å²) in [6.45, 7) is 0.429. The zero-order valence-corrected chi connectivity index (χ0v) is 13.0. The van der Waals surface area contributed by atoms with E-state index in [0.29, 0.717) is 17.4 Å². The molecule has 0 radical (unpaired) electrons. The predicted molar refractivity (Wildman–Crippen MR) is 77.9 cm³/mol. The van der Waals surface area contributed by atoms with Crippen molar-refractivity contribution in [1.29, 1.82) is 0 Å². The van der Waals surface area contributed by atoms with Crippen LogP contribution in [0, 0.1) is 0 Å². The molecule has 1 unspecified atom stereocenters. The van der Waals surface area contributed by atoms with Gasteiger partial charge in [0.05, 0.1) is 5.56 Å². The lowest BCUT2D eigenvalue weighted by molar-refractivity contribution is -0.142. The van der Waals surface area contributed by atoms with Gasteiger partial charge in [0, 0.05) is 17.2 Å². The summed E-state index contributed by atoms with van der Waals surface area (Å²) in [6.07, 6.45) is 4.51. The Bertz CT molecular complexity index is 538. The van der Waals surface area contributed by atoms with Crippen LogP contribution in [0.15, 0.2) is 16.7 Å². The normalized spacial score (nSPS) is 19.5. The van der Waals surface area contributed by atoms with Crippen LogP contribution in [0.2, 0.25) is 5.15 Å². The molecule has 5 nitrogen and oxygen atoms in total. The lowest BCUT2D eigenvalue weighted by Crippen LogP contribution is -2.44. The standard InChI is InChI=1S/C13H14BrClN2O3/c14-8-6-9(11(15)16-7-8)12(18)17-5-3-1-2-4-10(17)13(19)20/h6-7,10H,1-5H2,(H,19,20). The fourth-order valence-corrected chi connectivity index (χ4v) is 2.85. The van der Waals surface area contributed by atoms with Crippen molar-refractivity contribution in [2.24, 2.45) is 0 Å². The highest BCUT2D eigenvalue weighted by atomic mass is 79.9. The number of halogens is 2. The summed E-state index contributed by atoms with van der Waals surface area (Å²) >= 11 is 9.19. The molecule has 7 heteroatoms. The number of hydrogen-bond donors (Lipinski definition) is 1. The van der Waals surface area contributed by atoms with Gasteiger partial charge in [0.15, 0.2) is 0 Å². The van der Waals surface area contributed by atoms with Gasteiger partial charge in [-0.25, -0.2) is 9.78 Å². The highest BCUT2D eigenvalue weighted by Gasteiger charge is 2.32. The van der Waals surface area contributed by atoms with Crippen molar-refractivity contribution in [3.8, 4) is 0 Å². The number of carbonyl (C=O) groups excluding carboxylic acids is 1. The van der Waals surface area contributed by atoms with Crippen molar-refractivity contribution in [3.05, 3.63) is 27.5 Å². The number of hydrogen-bond acceptors (Lipinski definition) is 3. The Morgan fingerprint density at radius 2 is 2.15 bits per heavy atom. The summed E-state index contributed by atoms with van der Waals surface area (Å²) in [5, 5.41) is 9.39. The van der Waals surface area contributed by atoms with E-state index in [1.807, 2.05) is 0 Å². The first-order chi connectivity index (χ1) is 9.50. The van der Waals surface area contributed by atoms with Crippen LogP contribution in [0.5, 0.6) is 0 Å². The van der Waals surface area contributed by atoms with Crippen LogP contribution in [-0.4, -0.2) is 39.5 Å². The van der Waals surface area contributed by atoms with Gasteiger partial charge in [-0.1, -0.05) is 24.4 Å². The van der Waals surface area contributed by atoms with E-state index in [4.69, 9.17) is 11.6 Å². The fourth-order valence-electron chi connectivity index (χ4n) is 2.34. The molecule has 1 aromatic rings. The number of carbonyl (C=O) groups is 2. The van der Waals surface area contributed by atoms with E-state index < -0.39 is 12.0 Å². The average molecular weight is 362 g/mol. The molecule has 0 spiro atoms. The highest BCUT2D eigenvalue weighted by molar-refractivity contribution is 9.10. The minimum absolute atomic E-state index is 0.0894. The Morgan fingerprint density at radius 1 is 1.40 bits per heavy atom. The van der Waals surface area contributed by atoms with E-state index >= 15 is 0 Å². The van der Waals surface area contributed by atoms with E-state index in [9.17, 15) is 14.7 Å². The molecule has 0 saturated carbocycles. The maximum atomic E-state index is 12.6. The second kappa shape index (κ2) is 6.54. The molecule has 20 heavy (non-hydrogen) atoms. The number of aromatic nitrogens is 1. The molecule has 1 aliphatic heterocycles. The molecule has 2 heterocycles. The predicted octanol–water partition coefficient (Wildman–Crippen LogP) is 2.97. The quantitative estimate of drug-likeness (QED) is 0.822. The Labute approximate surface area is 130 Å². The van der Waals surface area contributed by atoms with Gasteiger partial charge >= 0.3 is 5.97 Å². The molecule has 0 aliphatic carbocycles. The van der Waals surface area contributed by atoms with Crippen molar-refractivity contribution in [1.82, 2.24) is 9.88 Å². The molecule has 1 saturated heterocycles. The first-order valence-electron chi connectivity index (χ1n) is 6.35. The summed E-state index contributed by atoms with van der Waals surface area (Å²) in [5.41, 5.74) is 0.231. The number of amides is 1. The molecule has 1 fully saturated rings. The van der Waals surface area contributed by atoms with Crippen LogP contribution in [0.25, 0.3) is 0 Å². The molecule has 0 aromatic carbocycles. The number of carboxylic acid groups (broad SMARTS) is 1. The van der Waals surface area contributed by atoms with Crippen molar-refractivity contribution >= 4 is 39.4 Å². The molecule has 1 atom stereocenters. The zero-order valence-electron chi connectivity index (χ0n) is 10.7. The van der Waals surface area contributed by atoms with E-state index in [1.165, 1.54) is 11.1 Å². The topological polar surface area (TPSA) is 70.5 Å². The van der Waals surface area contributed by atoms with Gasteiger partial charge in [-0.05, 0) is 34.8 Å². The number of carboxylic acids is 1. The first-order valence-corrected chi connectivity index (χ1v) is 7.52. The van der Waals surface area contributed by atoms with Crippen LogP contribution in [0.1, 0.15) is 36.0 Å². The Kier molecular flexibility index (Phi) is 4.99. The van der Waals surface area contributed by atoms with Gasteiger partial charge < -0.3 is 10.0 Å². The third-order valence-electron chi connectivity index (χ3n) is 3.33. The van der Waals surface area contributed by atoms with Gasteiger partial charge in [-0.2, -0.15) is 0 Å². The van der Waals surface area contributed by atoms with Gasteiger partial charge in [-0.15, -0.1) is 0 Å². The highest BCUT2D eigenvalue weighted by Crippen LogP contribution is 2.24. The van der Waals surface area contributed by atoms with Crippen LogP contribution >= 0.6 is 27.5 Å². The van der Waals surface area contributed by atoms with E-state index in [0.717, 1.165) is 19.3 Å². The van der Waals surface area contributed by atoms with Crippen molar-refractivity contribution < 1.29 is 14.7 Å². The maximum Gasteiger partial charge on any atom is 0.326 e. The minimum Gasteiger partial charge on any atom is -0.480 e. The molecular formula is C13H14BrClN2O3. The van der Waals surface area contributed by atoms with Gasteiger partial charge in [0.1, 0.15) is 11.2 Å². The molecule has 1 aliphatic rings. The lowest BCUT2D eigenvalue weighted by atomic mass is 10.1. The molecule has 2 rings (SSSR count). The third kappa shape index (κ3) is 3.30. The zero-order chi connectivity index (χ0) is 14.7. The fraction of sp³-hybridized carbons (Fsp3) is 0.462. The minimum atomic E-state index is -0.973. The molecular weight excluding hydrogens is 348 g/mol. The molecule has 1 amide bonds. The second-order valence-electron chi connectivity index (χ2n) is 4.69. The molecule has 0 bridgehead atoms. The van der Waals surface area contributed by atoms with Gasteiger partial charge in [0.2, 0.25) is 0 Å². The van der Waals surface area contributed by atoms with Crippen LogP contribution < -0.4 is 0 Å². The summed E-state index contributed by atoms with van der Waals surface area (Å²) in [4.78, 5) is 29.2. The number of nitrogens with zero attached hydrogens (tertiary/aromatic N) is 2. The van der Waals surface area contributed by atoms with Crippen LogP contribution in [-0.2, 0) is 4.79 Å². The maximum absolute atomic E-state index is 12.6. The number of aliphatic carboxylic acids is 1. The van der Waals surface area contributed by atoms with E-state index in [-0.39, 0.29) is 16.6 Å². The summed E-state index contributed by atoms with van der Waals surface area (Å²) in [7, 11) is 0. The molecule has 1 N–H and O–H groups in total. The second-order valence-corrected chi connectivity index (χ2v) is 5.97. The lowest BCUT2D eigenvalue weighted by Gasteiger charge is -2.27. The van der Waals surface area contributed by atoms with E-state index in [2.05, 4.69) is 20.9 Å². The van der Waals surface area contributed by atoms with Crippen LogP contribution in [0.4, 0.5) is 0 Å². The molecule has 108 valence electrons. The Balaban J connectivity index is 2.33. The smallest absolute Gasteiger partial charge is 0.326 e. The van der Waals surface area contributed by atoms with Crippen molar-refractivity contribution in [3.63, 3.8) is 0 Å². The number of rotatable bonds is 2. The summed E-state index contributed by atoms with van der Waals surface area (Å²) in [6, 6.07) is 0.779. The first kappa shape index (κ1) is 15.3. The van der Waals surface area contributed by atoms with Gasteiger partial charge in [0.25, 0.3) is 5.91 Å².